The molecule has 0 aliphatic carbocycles. The number of phenolic OH excluding ortho intramolecular Hbond substituents is 1. The van der Waals surface area contributed by atoms with E-state index >= 15 is 0 Å². The van der Waals surface area contributed by atoms with Crippen molar-refractivity contribution in [2.24, 2.45) is 0 Å². The second-order valence-corrected chi connectivity index (χ2v) is 5.99. The zero-order valence-corrected chi connectivity index (χ0v) is 11.8. The van der Waals surface area contributed by atoms with Gasteiger partial charge in [0.05, 0.1) is 16.1 Å². The molecule has 5 nitrogen and oxygen atoms in total. The first-order chi connectivity index (χ1) is 9.85. The summed E-state index contributed by atoms with van der Waals surface area (Å²) in [6.07, 6.45) is 0. The molecule has 0 heterocycles. The van der Waals surface area contributed by atoms with Crippen molar-refractivity contribution in [3.05, 3.63) is 53.3 Å². The first-order valence-corrected chi connectivity index (χ1v) is 7.34. The van der Waals surface area contributed by atoms with Crippen molar-refractivity contribution in [3.63, 3.8) is 0 Å². The number of hydrogen-bond acceptors (Lipinski definition) is 4. The van der Waals surface area contributed by atoms with Crippen molar-refractivity contribution in [3.8, 4) is 11.8 Å². The molecule has 21 heavy (non-hydrogen) atoms. The Morgan fingerprint density at radius 1 is 1.29 bits per heavy atom. The highest BCUT2D eigenvalue weighted by atomic mass is 32.2. The van der Waals surface area contributed by atoms with Crippen molar-refractivity contribution in [1.29, 1.82) is 5.26 Å². The summed E-state index contributed by atoms with van der Waals surface area (Å²) in [5.74, 6) is -0.836. The van der Waals surface area contributed by atoms with Crippen LogP contribution in [0, 0.1) is 24.1 Å². The van der Waals surface area contributed by atoms with Crippen LogP contribution in [-0.4, -0.2) is 13.5 Å². The van der Waals surface area contributed by atoms with Crippen molar-refractivity contribution in [2.45, 2.75) is 11.8 Å². The summed E-state index contributed by atoms with van der Waals surface area (Å²) >= 11 is 0. The van der Waals surface area contributed by atoms with Crippen LogP contribution in [0.2, 0.25) is 0 Å². The maximum absolute atomic E-state index is 13.2. The molecule has 0 amide bonds. The van der Waals surface area contributed by atoms with Gasteiger partial charge in [0.2, 0.25) is 0 Å². The molecule has 0 aliphatic rings. The molecule has 0 bridgehead atoms. The first kappa shape index (κ1) is 14.8. The van der Waals surface area contributed by atoms with Crippen LogP contribution in [0.15, 0.2) is 41.3 Å². The average Bonchev–Trinajstić information content (AvgIpc) is 2.44. The van der Waals surface area contributed by atoms with Gasteiger partial charge in [0.25, 0.3) is 10.0 Å². The lowest BCUT2D eigenvalue weighted by Gasteiger charge is -2.11. The van der Waals surface area contributed by atoms with Gasteiger partial charge in [-0.05, 0) is 37.3 Å². The van der Waals surface area contributed by atoms with E-state index in [1.807, 2.05) is 0 Å². The summed E-state index contributed by atoms with van der Waals surface area (Å²) in [6, 6.07) is 8.93. The monoisotopic (exact) mass is 306 g/mol. The lowest BCUT2D eigenvalue weighted by molar-refractivity contribution is 0.471. The number of sulfonamides is 1. The van der Waals surface area contributed by atoms with Gasteiger partial charge in [0.1, 0.15) is 17.6 Å². The smallest absolute Gasteiger partial charge is 0.261 e. The SMILES string of the molecule is Cc1c(O)cccc1NS(=O)(=O)c1ccc(F)c(C#N)c1. The third-order valence-corrected chi connectivity index (χ3v) is 4.28. The van der Waals surface area contributed by atoms with Crippen LogP contribution in [-0.2, 0) is 10.0 Å². The Kier molecular flexibility index (Phi) is 3.82. The van der Waals surface area contributed by atoms with Gasteiger partial charge in [-0.15, -0.1) is 0 Å². The van der Waals surface area contributed by atoms with Gasteiger partial charge in [-0.1, -0.05) is 6.07 Å². The van der Waals surface area contributed by atoms with Gasteiger partial charge in [0.15, 0.2) is 0 Å². The number of rotatable bonds is 3. The highest BCUT2D eigenvalue weighted by Crippen LogP contribution is 2.26. The fraction of sp³-hybridized carbons (Fsp3) is 0.0714. The number of benzene rings is 2. The number of nitrogens with one attached hydrogen (secondary N) is 1. The number of aromatic hydroxyl groups is 1. The molecule has 2 rings (SSSR count). The molecule has 0 aliphatic heterocycles. The zero-order valence-electron chi connectivity index (χ0n) is 11.0. The fourth-order valence-electron chi connectivity index (χ4n) is 1.69. The molecule has 2 aromatic carbocycles. The first-order valence-electron chi connectivity index (χ1n) is 5.86. The van der Waals surface area contributed by atoms with E-state index in [1.165, 1.54) is 18.2 Å². The van der Waals surface area contributed by atoms with Crippen molar-refractivity contribution in [2.75, 3.05) is 4.72 Å². The van der Waals surface area contributed by atoms with Gasteiger partial charge in [0, 0.05) is 5.56 Å². The standard InChI is InChI=1S/C14H11FN2O3S/c1-9-13(3-2-4-14(9)18)17-21(19,20)11-5-6-12(15)10(7-11)8-16/h2-7,17-18H,1H3. The number of nitrogens with zero attached hydrogens (tertiary/aromatic N) is 1. The third-order valence-electron chi connectivity index (χ3n) is 2.92. The molecule has 0 aromatic heterocycles. The summed E-state index contributed by atoms with van der Waals surface area (Å²) in [5.41, 5.74) is 0.215. The van der Waals surface area contributed by atoms with E-state index in [0.29, 0.717) is 5.56 Å². The summed E-state index contributed by atoms with van der Waals surface area (Å²) in [6.45, 7) is 1.55. The predicted molar refractivity (Wildman–Crippen MR) is 74.8 cm³/mol. The highest BCUT2D eigenvalue weighted by molar-refractivity contribution is 7.92. The van der Waals surface area contributed by atoms with Crippen LogP contribution in [0.4, 0.5) is 10.1 Å². The molecular weight excluding hydrogens is 295 g/mol. The average molecular weight is 306 g/mol. The summed E-state index contributed by atoms with van der Waals surface area (Å²) in [4.78, 5) is -0.233. The summed E-state index contributed by atoms with van der Waals surface area (Å²) in [5, 5.41) is 18.3. The minimum Gasteiger partial charge on any atom is -0.508 e. The zero-order chi connectivity index (χ0) is 15.6. The largest absolute Gasteiger partial charge is 0.508 e. The third kappa shape index (κ3) is 2.95. The Bertz CT molecular complexity index is 842. The summed E-state index contributed by atoms with van der Waals surface area (Å²) in [7, 11) is -3.98. The van der Waals surface area contributed by atoms with E-state index in [4.69, 9.17) is 5.26 Å². The van der Waals surface area contributed by atoms with Crippen LogP contribution in [0.3, 0.4) is 0 Å². The minimum atomic E-state index is -3.98. The number of nitriles is 1. The normalized spacial score (nSPS) is 10.9. The maximum Gasteiger partial charge on any atom is 0.261 e. The number of halogens is 1. The van der Waals surface area contributed by atoms with Crippen LogP contribution >= 0.6 is 0 Å². The Morgan fingerprint density at radius 3 is 2.67 bits per heavy atom. The number of anilines is 1. The molecular formula is C14H11FN2O3S. The molecule has 2 N–H and O–H groups in total. The van der Waals surface area contributed by atoms with E-state index in [1.54, 1.807) is 13.0 Å². The fourth-order valence-corrected chi connectivity index (χ4v) is 2.84. The van der Waals surface area contributed by atoms with Crippen LogP contribution < -0.4 is 4.72 Å². The molecule has 2 aromatic rings. The quantitative estimate of drug-likeness (QED) is 0.911. The molecule has 0 unspecified atom stereocenters. The van der Waals surface area contributed by atoms with Gasteiger partial charge in [-0.2, -0.15) is 5.26 Å². The number of hydrogen-bond donors (Lipinski definition) is 2. The topological polar surface area (TPSA) is 90.2 Å². The Balaban J connectivity index is 2.44. The Labute approximate surface area is 121 Å². The lowest BCUT2D eigenvalue weighted by atomic mass is 10.2. The number of phenols is 1. The second-order valence-electron chi connectivity index (χ2n) is 4.31. The molecule has 0 fully saturated rings. The lowest BCUT2D eigenvalue weighted by Crippen LogP contribution is -2.14. The van der Waals surface area contributed by atoms with Gasteiger partial charge in [-0.3, -0.25) is 4.72 Å². The molecule has 108 valence electrons. The Hall–Kier alpha value is -2.59. The van der Waals surface area contributed by atoms with Crippen molar-refractivity contribution in [1.82, 2.24) is 0 Å². The highest BCUT2D eigenvalue weighted by Gasteiger charge is 2.18. The van der Waals surface area contributed by atoms with Crippen LogP contribution in [0.5, 0.6) is 5.75 Å². The molecule has 0 spiro atoms. The van der Waals surface area contributed by atoms with E-state index in [2.05, 4.69) is 4.72 Å². The van der Waals surface area contributed by atoms with E-state index in [9.17, 15) is 17.9 Å². The molecule has 0 radical (unpaired) electrons. The maximum atomic E-state index is 13.2. The van der Waals surface area contributed by atoms with E-state index in [-0.39, 0.29) is 21.9 Å². The van der Waals surface area contributed by atoms with Crippen LogP contribution in [0.1, 0.15) is 11.1 Å². The second kappa shape index (κ2) is 5.42. The van der Waals surface area contributed by atoms with E-state index in [0.717, 1.165) is 18.2 Å². The van der Waals surface area contributed by atoms with Crippen molar-refractivity contribution < 1.29 is 17.9 Å². The molecule has 0 saturated carbocycles. The predicted octanol–water partition coefficient (Wildman–Crippen LogP) is 2.51. The van der Waals surface area contributed by atoms with Crippen molar-refractivity contribution >= 4 is 15.7 Å². The van der Waals surface area contributed by atoms with Gasteiger partial charge < -0.3 is 5.11 Å². The summed E-state index contributed by atoms with van der Waals surface area (Å²) < 4.78 is 40.0. The van der Waals surface area contributed by atoms with E-state index < -0.39 is 15.8 Å². The minimum absolute atomic E-state index is 0.0491. The van der Waals surface area contributed by atoms with Gasteiger partial charge in [-0.25, -0.2) is 12.8 Å². The molecule has 0 atom stereocenters. The van der Waals surface area contributed by atoms with Gasteiger partial charge >= 0.3 is 0 Å². The molecule has 7 heteroatoms. The Morgan fingerprint density at radius 2 is 2.00 bits per heavy atom. The van der Waals surface area contributed by atoms with Crippen LogP contribution in [0.25, 0.3) is 0 Å². The molecule has 0 saturated heterocycles.